The summed E-state index contributed by atoms with van der Waals surface area (Å²) >= 11 is 0. The van der Waals surface area contributed by atoms with Gasteiger partial charge >= 0.3 is 5.97 Å². The van der Waals surface area contributed by atoms with Crippen molar-refractivity contribution in [1.29, 1.82) is 0 Å². The molecule has 2 rings (SSSR count). The standard InChI is InChI=1S/C11H12N2O4S/c1-3-17-11(14)10-12-8-5-4-7(2)6-9(8)18(15,16)13-10/h4-6H,3H2,1-2H3,(H,12,13). The summed E-state index contributed by atoms with van der Waals surface area (Å²) in [6, 6.07) is 4.84. The van der Waals surface area contributed by atoms with Crippen molar-refractivity contribution in [2.45, 2.75) is 18.7 Å². The maximum atomic E-state index is 11.9. The first-order valence-electron chi connectivity index (χ1n) is 5.34. The van der Waals surface area contributed by atoms with Crippen LogP contribution in [0.3, 0.4) is 0 Å². The first-order chi connectivity index (χ1) is 8.44. The lowest BCUT2D eigenvalue weighted by molar-refractivity contribution is -0.135. The molecule has 1 heterocycles. The average Bonchev–Trinajstić information content (AvgIpc) is 2.29. The third-order valence-electron chi connectivity index (χ3n) is 2.35. The number of amidine groups is 1. The van der Waals surface area contributed by atoms with Gasteiger partial charge in [0.1, 0.15) is 4.90 Å². The van der Waals surface area contributed by atoms with Crippen LogP contribution in [0.1, 0.15) is 12.5 Å². The maximum Gasteiger partial charge on any atom is 0.375 e. The quantitative estimate of drug-likeness (QED) is 0.811. The fourth-order valence-electron chi connectivity index (χ4n) is 1.55. The largest absolute Gasteiger partial charge is 0.460 e. The normalized spacial score (nSPS) is 16.2. The molecule has 0 aliphatic carbocycles. The zero-order valence-corrected chi connectivity index (χ0v) is 10.7. The van der Waals surface area contributed by atoms with Gasteiger partial charge in [0.15, 0.2) is 0 Å². The molecule has 1 aliphatic heterocycles. The van der Waals surface area contributed by atoms with Crippen molar-refractivity contribution in [3.8, 4) is 0 Å². The van der Waals surface area contributed by atoms with Crippen molar-refractivity contribution in [3.05, 3.63) is 23.8 Å². The van der Waals surface area contributed by atoms with E-state index < -0.39 is 16.0 Å². The van der Waals surface area contributed by atoms with Crippen LogP contribution in [0, 0.1) is 6.92 Å². The molecule has 0 spiro atoms. The van der Waals surface area contributed by atoms with Crippen LogP contribution in [0.2, 0.25) is 0 Å². The van der Waals surface area contributed by atoms with Crippen LogP contribution in [-0.4, -0.2) is 26.8 Å². The van der Waals surface area contributed by atoms with E-state index in [0.717, 1.165) is 5.56 Å². The number of fused-ring (bicyclic) bond motifs is 1. The van der Waals surface area contributed by atoms with Crippen molar-refractivity contribution in [3.63, 3.8) is 0 Å². The molecule has 1 aliphatic rings. The third-order valence-corrected chi connectivity index (χ3v) is 3.66. The molecule has 0 saturated carbocycles. The van der Waals surface area contributed by atoms with Gasteiger partial charge in [-0.1, -0.05) is 6.07 Å². The highest BCUT2D eigenvalue weighted by Gasteiger charge is 2.28. The summed E-state index contributed by atoms with van der Waals surface area (Å²) in [6.07, 6.45) is 0. The summed E-state index contributed by atoms with van der Waals surface area (Å²) < 4.78 is 32.0. The molecule has 0 bridgehead atoms. The molecule has 6 nitrogen and oxygen atoms in total. The number of benzene rings is 1. The predicted molar refractivity (Wildman–Crippen MR) is 66.1 cm³/mol. The maximum absolute atomic E-state index is 11.9. The molecule has 0 saturated heterocycles. The Labute approximate surface area is 105 Å². The van der Waals surface area contributed by atoms with Gasteiger partial charge < -0.3 is 10.1 Å². The topological polar surface area (TPSA) is 84.8 Å². The summed E-state index contributed by atoms with van der Waals surface area (Å²) in [5.74, 6) is -1.10. The summed E-state index contributed by atoms with van der Waals surface area (Å²) in [6.45, 7) is 3.56. The van der Waals surface area contributed by atoms with E-state index in [2.05, 4.69) is 9.71 Å². The molecule has 0 unspecified atom stereocenters. The molecule has 0 radical (unpaired) electrons. The van der Waals surface area contributed by atoms with Gasteiger partial charge in [-0.25, -0.2) is 4.79 Å². The first-order valence-corrected chi connectivity index (χ1v) is 6.78. The molecule has 96 valence electrons. The van der Waals surface area contributed by atoms with Crippen molar-refractivity contribution < 1.29 is 17.9 Å². The number of hydrogen-bond donors (Lipinski definition) is 1. The number of aryl methyl sites for hydroxylation is 1. The Balaban J connectivity index is 2.48. The van der Waals surface area contributed by atoms with E-state index in [4.69, 9.17) is 4.74 Å². The van der Waals surface area contributed by atoms with Crippen LogP contribution in [0.5, 0.6) is 0 Å². The minimum atomic E-state index is -3.85. The summed E-state index contributed by atoms with van der Waals surface area (Å²) in [4.78, 5) is 11.5. The van der Waals surface area contributed by atoms with Crippen molar-refractivity contribution in [2.75, 3.05) is 11.9 Å². The number of nitrogens with one attached hydrogen (secondary N) is 1. The van der Waals surface area contributed by atoms with Crippen molar-refractivity contribution in [1.82, 2.24) is 0 Å². The lowest BCUT2D eigenvalue weighted by atomic mass is 10.2. The van der Waals surface area contributed by atoms with Crippen LogP contribution < -0.4 is 5.32 Å². The molecule has 18 heavy (non-hydrogen) atoms. The number of esters is 1. The monoisotopic (exact) mass is 268 g/mol. The number of ether oxygens (including phenoxy) is 1. The van der Waals surface area contributed by atoms with Gasteiger partial charge in [0, 0.05) is 0 Å². The number of rotatable bonds is 2. The van der Waals surface area contributed by atoms with Crippen LogP contribution in [0.4, 0.5) is 5.69 Å². The number of nitrogens with zero attached hydrogens (tertiary/aromatic N) is 1. The molecular formula is C11H12N2O4S. The summed E-state index contributed by atoms with van der Waals surface area (Å²) in [5.41, 5.74) is 1.13. The fraction of sp³-hybridized carbons (Fsp3) is 0.273. The van der Waals surface area contributed by atoms with Gasteiger partial charge in [-0.3, -0.25) is 0 Å². The highest BCUT2D eigenvalue weighted by atomic mass is 32.2. The summed E-state index contributed by atoms with van der Waals surface area (Å²) in [7, 11) is -3.85. The van der Waals surface area contributed by atoms with E-state index in [-0.39, 0.29) is 17.3 Å². The van der Waals surface area contributed by atoms with E-state index in [9.17, 15) is 13.2 Å². The fourth-order valence-corrected chi connectivity index (χ4v) is 2.74. The number of carbonyl (C=O) groups is 1. The number of carbonyl (C=O) groups excluding carboxylic acids is 1. The molecule has 1 N–H and O–H groups in total. The highest BCUT2D eigenvalue weighted by molar-refractivity contribution is 7.90. The van der Waals surface area contributed by atoms with Crippen LogP contribution in [0.25, 0.3) is 0 Å². The summed E-state index contributed by atoms with van der Waals surface area (Å²) in [5, 5.41) is 2.66. The lowest BCUT2D eigenvalue weighted by Gasteiger charge is -2.17. The smallest absolute Gasteiger partial charge is 0.375 e. The van der Waals surface area contributed by atoms with Gasteiger partial charge in [0.25, 0.3) is 10.0 Å². The van der Waals surface area contributed by atoms with E-state index in [1.54, 1.807) is 26.0 Å². The Morgan fingerprint density at radius 2 is 2.17 bits per heavy atom. The van der Waals surface area contributed by atoms with Gasteiger partial charge in [0.05, 0.1) is 12.3 Å². The second-order valence-corrected chi connectivity index (χ2v) is 5.33. The number of sulfonamides is 1. The van der Waals surface area contributed by atoms with E-state index in [1.807, 2.05) is 0 Å². The molecule has 0 aromatic heterocycles. The molecule has 1 aromatic carbocycles. The number of anilines is 1. The predicted octanol–water partition coefficient (Wildman–Crippen LogP) is 1.07. The average molecular weight is 268 g/mol. The second-order valence-electron chi connectivity index (χ2n) is 3.76. The molecule has 0 amide bonds. The Bertz CT molecular complexity index is 634. The third kappa shape index (κ3) is 2.21. The van der Waals surface area contributed by atoms with Gasteiger partial charge in [-0.2, -0.15) is 8.42 Å². The van der Waals surface area contributed by atoms with E-state index in [1.165, 1.54) is 6.07 Å². The molecular weight excluding hydrogens is 256 g/mol. The lowest BCUT2D eigenvalue weighted by Crippen LogP contribution is -2.30. The SMILES string of the molecule is CCOC(=O)C1=NS(=O)(=O)c2cc(C)ccc2N1. The van der Waals surface area contributed by atoms with E-state index in [0.29, 0.717) is 5.69 Å². The van der Waals surface area contributed by atoms with Gasteiger partial charge in [-0.05, 0) is 31.5 Å². The van der Waals surface area contributed by atoms with Crippen LogP contribution in [-0.2, 0) is 19.6 Å². The Morgan fingerprint density at radius 3 is 2.83 bits per heavy atom. The Hall–Kier alpha value is -1.89. The van der Waals surface area contributed by atoms with Crippen LogP contribution in [0.15, 0.2) is 27.5 Å². The molecule has 0 fully saturated rings. The van der Waals surface area contributed by atoms with Gasteiger partial charge in [-0.15, -0.1) is 4.40 Å². The zero-order valence-electron chi connectivity index (χ0n) is 9.93. The highest BCUT2D eigenvalue weighted by Crippen LogP contribution is 2.28. The molecule has 0 atom stereocenters. The number of hydrogen-bond acceptors (Lipinski definition) is 5. The minimum Gasteiger partial charge on any atom is -0.460 e. The Kier molecular flexibility index (Phi) is 3.08. The minimum absolute atomic E-state index is 0.0653. The van der Waals surface area contributed by atoms with E-state index >= 15 is 0 Å². The van der Waals surface area contributed by atoms with Crippen molar-refractivity contribution >= 4 is 27.5 Å². The second kappa shape index (κ2) is 4.41. The van der Waals surface area contributed by atoms with Gasteiger partial charge in [0.2, 0.25) is 5.84 Å². The molecule has 7 heteroatoms. The van der Waals surface area contributed by atoms with Crippen molar-refractivity contribution in [2.24, 2.45) is 4.40 Å². The zero-order chi connectivity index (χ0) is 13.3. The first kappa shape index (κ1) is 12.6. The molecule has 1 aromatic rings. The Morgan fingerprint density at radius 1 is 1.44 bits per heavy atom. The van der Waals surface area contributed by atoms with Crippen LogP contribution >= 0.6 is 0 Å².